The molecule has 1 saturated carbocycles. The summed E-state index contributed by atoms with van der Waals surface area (Å²) < 4.78 is 11.3. The second-order valence-corrected chi connectivity index (χ2v) is 9.61. The van der Waals surface area contributed by atoms with Crippen molar-refractivity contribution in [2.75, 3.05) is 5.75 Å². The predicted octanol–water partition coefficient (Wildman–Crippen LogP) is 5.65. The van der Waals surface area contributed by atoms with E-state index in [-0.39, 0.29) is 17.7 Å². The van der Waals surface area contributed by atoms with Gasteiger partial charge in [0.15, 0.2) is 0 Å². The number of aryl methyl sites for hydroxylation is 1. The second kappa shape index (κ2) is 10.4. The van der Waals surface area contributed by atoms with Gasteiger partial charge in [0, 0.05) is 12.8 Å². The Morgan fingerprint density at radius 1 is 1.06 bits per heavy atom. The molecule has 0 N–H and O–H groups in total. The van der Waals surface area contributed by atoms with Gasteiger partial charge in [-0.2, -0.15) is 5.10 Å². The Balaban J connectivity index is 1.21. The van der Waals surface area contributed by atoms with E-state index in [1.165, 1.54) is 43.9 Å². The maximum atomic E-state index is 13.1. The first kappa shape index (κ1) is 21.9. The van der Waals surface area contributed by atoms with Gasteiger partial charge < -0.3 is 8.83 Å². The normalized spacial score (nSPS) is 19.1. The van der Waals surface area contributed by atoms with E-state index in [1.54, 1.807) is 11.3 Å². The van der Waals surface area contributed by atoms with Crippen molar-refractivity contribution < 1.29 is 13.6 Å². The van der Waals surface area contributed by atoms with Crippen LogP contribution in [0.25, 0.3) is 0 Å². The first-order chi connectivity index (χ1) is 16.3. The van der Waals surface area contributed by atoms with Gasteiger partial charge >= 0.3 is 0 Å². The monoisotopic (exact) mass is 464 g/mol. The number of aromatic nitrogens is 2. The molecule has 2 aromatic heterocycles. The van der Waals surface area contributed by atoms with E-state index in [0.717, 1.165) is 30.0 Å². The van der Waals surface area contributed by atoms with E-state index in [9.17, 15) is 4.79 Å². The minimum absolute atomic E-state index is 0.0997. The highest BCUT2D eigenvalue weighted by molar-refractivity contribution is 7.99. The largest absolute Gasteiger partial charge is 0.463 e. The quantitative estimate of drug-likeness (QED) is 0.401. The molecule has 0 bridgehead atoms. The van der Waals surface area contributed by atoms with Crippen LogP contribution >= 0.6 is 11.8 Å². The van der Waals surface area contributed by atoms with E-state index >= 15 is 0 Å². The van der Waals surface area contributed by atoms with Gasteiger partial charge in [-0.3, -0.25) is 4.79 Å². The lowest BCUT2D eigenvalue weighted by Gasteiger charge is -2.21. The highest BCUT2D eigenvalue weighted by Crippen LogP contribution is 2.34. The zero-order valence-corrected chi connectivity index (χ0v) is 19.4. The topological polar surface area (TPSA) is 84.7 Å². The maximum absolute atomic E-state index is 13.1. The SMILES string of the molecule is O=C(CSc1nnc(CCC2CCCCC2)o1)N1N=C(c2ccco2)CC1c1ccccc1. The number of hydrogen-bond acceptors (Lipinski definition) is 7. The summed E-state index contributed by atoms with van der Waals surface area (Å²) in [6.45, 7) is 0. The van der Waals surface area contributed by atoms with Crippen LogP contribution in [0.2, 0.25) is 0 Å². The molecule has 3 aromatic rings. The molecule has 5 rings (SSSR count). The second-order valence-electron chi connectivity index (χ2n) is 8.69. The summed E-state index contributed by atoms with van der Waals surface area (Å²) in [4.78, 5) is 13.1. The third-order valence-corrected chi connectivity index (χ3v) is 7.22. The lowest BCUT2D eigenvalue weighted by molar-refractivity contribution is -0.130. The molecule has 1 amide bonds. The van der Waals surface area contributed by atoms with E-state index in [2.05, 4.69) is 15.3 Å². The highest BCUT2D eigenvalue weighted by atomic mass is 32.2. The fourth-order valence-corrected chi connectivity index (χ4v) is 5.29. The van der Waals surface area contributed by atoms with Crippen LogP contribution in [0.5, 0.6) is 0 Å². The molecular formula is C25H28N4O3S. The summed E-state index contributed by atoms with van der Waals surface area (Å²) in [6.07, 6.45) is 10.8. The number of hydrogen-bond donors (Lipinski definition) is 0. The van der Waals surface area contributed by atoms with Crippen LogP contribution in [-0.4, -0.2) is 32.6 Å². The third-order valence-electron chi connectivity index (χ3n) is 6.41. The van der Waals surface area contributed by atoms with Gasteiger partial charge in [0.2, 0.25) is 5.89 Å². The highest BCUT2D eigenvalue weighted by Gasteiger charge is 2.34. The van der Waals surface area contributed by atoms with E-state index in [4.69, 9.17) is 8.83 Å². The number of hydrazone groups is 1. The average molecular weight is 465 g/mol. The molecule has 1 unspecified atom stereocenters. The number of benzene rings is 1. The average Bonchev–Trinajstić information content (AvgIpc) is 3.63. The Morgan fingerprint density at radius 2 is 1.91 bits per heavy atom. The molecule has 172 valence electrons. The van der Waals surface area contributed by atoms with E-state index < -0.39 is 0 Å². The van der Waals surface area contributed by atoms with Crippen molar-refractivity contribution in [2.24, 2.45) is 11.0 Å². The molecule has 1 aliphatic heterocycles. The van der Waals surface area contributed by atoms with Crippen LogP contribution in [0.15, 0.2) is 67.9 Å². The minimum atomic E-state index is -0.159. The number of amides is 1. The Kier molecular flexibility index (Phi) is 6.90. The van der Waals surface area contributed by atoms with Crippen molar-refractivity contribution in [3.63, 3.8) is 0 Å². The van der Waals surface area contributed by atoms with Gasteiger partial charge in [-0.05, 0) is 30.0 Å². The summed E-state index contributed by atoms with van der Waals surface area (Å²) in [5, 5.41) is 14.9. The number of rotatable bonds is 8. The molecule has 0 radical (unpaired) electrons. The van der Waals surface area contributed by atoms with Crippen LogP contribution in [0.4, 0.5) is 0 Å². The van der Waals surface area contributed by atoms with Crippen molar-refractivity contribution in [3.8, 4) is 0 Å². The summed E-state index contributed by atoms with van der Waals surface area (Å²) in [5.41, 5.74) is 1.82. The molecule has 3 heterocycles. The molecule has 1 fully saturated rings. The van der Waals surface area contributed by atoms with Crippen molar-refractivity contribution >= 4 is 23.4 Å². The Bertz CT molecular complexity index is 1070. The molecule has 1 aromatic carbocycles. The summed E-state index contributed by atoms with van der Waals surface area (Å²) in [6, 6.07) is 13.5. The van der Waals surface area contributed by atoms with Crippen molar-refractivity contribution in [1.29, 1.82) is 0 Å². The zero-order chi connectivity index (χ0) is 22.5. The van der Waals surface area contributed by atoms with Crippen LogP contribution in [-0.2, 0) is 11.2 Å². The Hall–Kier alpha value is -2.87. The predicted molar refractivity (Wildman–Crippen MR) is 126 cm³/mol. The van der Waals surface area contributed by atoms with Crippen LogP contribution < -0.4 is 0 Å². The molecule has 8 heteroatoms. The van der Waals surface area contributed by atoms with Gasteiger partial charge in [0.05, 0.1) is 18.1 Å². The molecule has 2 aliphatic rings. The molecule has 1 atom stereocenters. The lowest BCUT2D eigenvalue weighted by atomic mass is 9.86. The number of carbonyl (C=O) groups is 1. The fourth-order valence-electron chi connectivity index (χ4n) is 4.66. The van der Waals surface area contributed by atoms with E-state index in [1.807, 2.05) is 42.5 Å². The Labute approximate surface area is 197 Å². The number of furan rings is 1. The van der Waals surface area contributed by atoms with Crippen LogP contribution in [0.3, 0.4) is 0 Å². The number of nitrogens with zero attached hydrogens (tertiary/aromatic N) is 4. The van der Waals surface area contributed by atoms with Crippen LogP contribution in [0, 0.1) is 5.92 Å². The first-order valence-corrected chi connectivity index (χ1v) is 12.7. The van der Waals surface area contributed by atoms with E-state index in [0.29, 0.717) is 23.3 Å². The molecule has 1 aliphatic carbocycles. The summed E-state index contributed by atoms with van der Waals surface area (Å²) in [7, 11) is 0. The third kappa shape index (κ3) is 5.38. The molecule has 33 heavy (non-hydrogen) atoms. The smallest absolute Gasteiger partial charge is 0.277 e. The number of carbonyl (C=O) groups excluding carboxylic acids is 1. The van der Waals surface area contributed by atoms with Gasteiger partial charge in [-0.25, -0.2) is 5.01 Å². The lowest BCUT2D eigenvalue weighted by Crippen LogP contribution is -2.28. The molecule has 7 nitrogen and oxygen atoms in total. The van der Waals surface area contributed by atoms with Crippen molar-refractivity contribution in [3.05, 3.63) is 65.9 Å². The van der Waals surface area contributed by atoms with Crippen molar-refractivity contribution in [2.45, 2.75) is 62.6 Å². The van der Waals surface area contributed by atoms with Crippen molar-refractivity contribution in [1.82, 2.24) is 15.2 Å². The van der Waals surface area contributed by atoms with Gasteiger partial charge in [0.25, 0.3) is 11.1 Å². The zero-order valence-electron chi connectivity index (χ0n) is 18.6. The maximum Gasteiger partial charge on any atom is 0.277 e. The fraction of sp³-hybridized carbons (Fsp3) is 0.440. The number of thioether (sulfide) groups is 1. The Morgan fingerprint density at radius 3 is 2.70 bits per heavy atom. The summed E-state index contributed by atoms with van der Waals surface area (Å²) in [5.74, 6) is 2.21. The van der Waals surface area contributed by atoms with Crippen LogP contribution in [0.1, 0.15) is 68.2 Å². The van der Waals surface area contributed by atoms with Gasteiger partial charge in [-0.15, -0.1) is 10.2 Å². The van der Waals surface area contributed by atoms with Gasteiger partial charge in [0.1, 0.15) is 11.5 Å². The molecule has 0 saturated heterocycles. The molecule has 0 spiro atoms. The molecular weight excluding hydrogens is 436 g/mol. The van der Waals surface area contributed by atoms with Gasteiger partial charge in [-0.1, -0.05) is 74.2 Å². The minimum Gasteiger partial charge on any atom is -0.463 e. The first-order valence-electron chi connectivity index (χ1n) is 11.7. The standard InChI is InChI=1S/C25H28N4O3S/c30-24(17-33-25-27-26-23(32-25)14-13-18-8-3-1-4-9-18)29-21(19-10-5-2-6-11-19)16-20(28-29)22-12-7-15-31-22/h2,5-7,10-12,15,18,21H,1,3-4,8-9,13-14,16-17H2. The summed E-state index contributed by atoms with van der Waals surface area (Å²) >= 11 is 1.27.